The second-order valence-electron chi connectivity index (χ2n) is 6.19. The molecule has 2 unspecified atom stereocenters. The van der Waals surface area contributed by atoms with E-state index >= 15 is 0 Å². The Bertz CT molecular complexity index is 439. The van der Waals surface area contributed by atoms with E-state index in [2.05, 4.69) is 24.0 Å². The van der Waals surface area contributed by atoms with Gasteiger partial charge in [0.25, 0.3) is 0 Å². The van der Waals surface area contributed by atoms with Gasteiger partial charge in [-0.2, -0.15) is 0 Å². The molecule has 4 nitrogen and oxygen atoms in total. The summed E-state index contributed by atoms with van der Waals surface area (Å²) >= 11 is 0. The summed E-state index contributed by atoms with van der Waals surface area (Å²) in [4.78, 5) is 16.6. The average Bonchev–Trinajstić information content (AvgIpc) is 2.44. The molecule has 1 aliphatic heterocycles. The molecule has 1 amide bonds. The number of carbonyl (C=O) groups is 1. The summed E-state index contributed by atoms with van der Waals surface area (Å²) in [6, 6.07) is 10.4. The smallest absolute Gasteiger partial charge is 0.237 e. The number of likely N-dealkylation sites (N-methyl/N-ethyl adjacent to an activating group) is 1. The molecular weight excluding hydrogens is 262 g/mol. The van der Waals surface area contributed by atoms with Gasteiger partial charge in [-0.1, -0.05) is 37.3 Å². The minimum absolute atomic E-state index is 0.197. The maximum atomic E-state index is 12.5. The zero-order chi connectivity index (χ0) is 15.2. The van der Waals surface area contributed by atoms with E-state index in [0.29, 0.717) is 19.0 Å². The summed E-state index contributed by atoms with van der Waals surface area (Å²) in [5, 5.41) is 0. The number of hydrogen-bond donors (Lipinski definition) is 1. The van der Waals surface area contributed by atoms with Crippen LogP contribution in [0.25, 0.3) is 0 Å². The van der Waals surface area contributed by atoms with Crippen LogP contribution < -0.4 is 5.73 Å². The van der Waals surface area contributed by atoms with Gasteiger partial charge in [0.15, 0.2) is 0 Å². The molecular formula is C17H27N3O. The van der Waals surface area contributed by atoms with Gasteiger partial charge >= 0.3 is 0 Å². The predicted molar refractivity (Wildman–Crippen MR) is 85.7 cm³/mol. The third-order valence-corrected chi connectivity index (χ3v) is 4.08. The van der Waals surface area contributed by atoms with Crippen LogP contribution in [0.3, 0.4) is 0 Å². The highest BCUT2D eigenvalue weighted by Gasteiger charge is 2.25. The van der Waals surface area contributed by atoms with Crippen molar-refractivity contribution in [3.05, 3.63) is 35.9 Å². The predicted octanol–water partition coefficient (Wildman–Crippen LogP) is 1.70. The number of rotatable bonds is 5. The molecule has 0 aromatic heterocycles. The van der Waals surface area contributed by atoms with Gasteiger partial charge in [0.1, 0.15) is 0 Å². The third kappa shape index (κ3) is 4.83. The van der Waals surface area contributed by atoms with Crippen LogP contribution >= 0.6 is 0 Å². The molecule has 0 saturated carbocycles. The second-order valence-corrected chi connectivity index (χ2v) is 6.19. The Morgan fingerprint density at radius 1 is 1.33 bits per heavy atom. The number of likely N-dealkylation sites (tertiary alicyclic amines) is 1. The maximum Gasteiger partial charge on any atom is 0.237 e. The Morgan fingerprint density at radius 2 is 2.05 bits per heavy atom. The summed E-state index contributed by atoms with van der Waals surface area (Å²) in [6.07, 6.45) is 1.06. The van der Waals surface area contributed by atoms with E-state index in [4.69, 9.17) is 5.73 Å². The highest BCUT2D eigenvalue weighted by Crippen LogP contribution is 2.15. The first-order valence-corrected chi connectivity index (χ1v) is 7.88. The first-order chi connectivity index (χ1) is 10.1. The van der Waals surface area contributed by atoms with Crippen molar-refractivity contribution in [2.24, 2.45) is 11.7 Å². The summed E-state index contributed by atoms with van der Waals surface area (Å²) in [7, 11) is 0. The van der Waals surface area contributed by atoms with Crippen molar-refractivity contribution in [2.45, 2.75) is 32.9 Å². The fraction of sp³-hybridized carbons (Fsp3) is 0.588. The lowest BCUT2D eigenvalue weighted by molar-refractivity contribution is -0.133. The van der Waals surface area contributed by atoms with Gasteiger partial charge in [-0.3, -0.25) is 9.69 Å². The average molecular weight is 289 g/mol. The largest absolute Gasteiger partial charge is 0.338 e. The number of carbonyl (C=O) groups excluding carboxylic acids is 1. The number of hydrogen-bond acceptors (Lipinski definition) is 3. The molecule has 0 bridgehead atoms. The SMILES string of the molecule is CCN(Cc1ccccc1)C(=O)CN1CC(C)CC(N)C1. The number of benzene rings is 1. The molecule has 1 aromatic carbocycles. The Kier molecular flexibility index (Phi) is 5.76. The molecule has 2 atom stereocenters. The number of nitrogens with zero attached hydrogens (tertiary/aromatic N) is 2. The first kappa shape index (κ1) is 16.0. The van der Waals surface area contributed by atoms with Crippen molar-refractivity contribution in [3.8, 4) is 0 Å². The molecule has 1 aromatic rings. The van der Waals surface area contributed by atoms with Crippen LogP contribution in [0.5, 0.6) is 0 Å². The van der Waals surface area contributed by atoms with Gasteiger partial charge in [0.05, 0.1) is 6.54 Å². The molecule has 1 heterocycles. The quantitative estimate of drug-likeness (QED) is 0.897. The van der Waals surface area contributed by atoms with E-state index in [1.165, 1.54) is 5.56 Å². The lowest BCUT2D eigenvalue weighted by Gasteiger charge is -2.35. The lowest BCUT2D eigenvalue weighted by Crippen LogP contribution is -2.50. The molecule has 1 fully saturated rings. The van der Waals surface area contributed by atoms with Crippen LogP contribution in [0, 0.1) is 5.92 Å². The van der Waals surface area contributed by atoms with E-state index in [1.54, 1.807) is 0 Å². The number of amides is 1. The Morgan fingerprint density at radius 3 is 2.67 bits per heavy atom. The molecule has 2 N–H and O–H groups in total. The number of nitrogens with two attached hydrogens (primary N) is 1. The minimum atomic E-state index is 0.197. The van der Waals surface area contributed by atoms with E-state index in [9.17, 15) is 4.79 Å². The molecule has 1 saturated heterocycles. The van der Waals surface area contributed by atoms with Gasteiger partial charge in [0, 0.05) is 32.2 Å². The summed E-state index contributed by atoms with van der Waals surface area (Å²) in [5.74, 6) is 0.772. The highest BCUT2D eigenvalue weighted by molar-refractivity contribution is 5.78. The molecule has 1 aliphatic rings. The fourth-order valence-electron chi connectivity index (χ4n) is 3.11. The van der Waals surface area contributed by atoms with Crippen LogP contribution in [0.4, 0.5) is 0 Å². The molecule has 0 spiro atoms. The summed E-state index contributed by atoms with van der Waals surface area (Å²) < 4.78 is 0. The molecule has 0 aliphatic carbocycles. The van der Waals surface area contributed by atoms with Crippen LogP contribution in [-0.2, 0) is 11.3 Å². The number of piperidine rings is 1. The van der Waals surface area contributed by atoms with E-state index < -0.39 is 0 Å². The highest BCUT2D eigenvalue weighted by atomic mass is 16.2. The van der Waals surface area contributed by atoms with Crippen molar-refractivity contribution in [1.82, 2.24) is 9.80 Å². The standard InChI is InChI=1S/C17H27N3O/c1-3-20(11-15-7-5-4-6-8-15)17(21)13-19-10-14(2)9-16(18)12-19/h4-8,14,16H,3,9-13,18H2,1-2H3. The Hall–Kier alpha value is -1.39. The summed E-state index contributed by atoms with van der Waals surface area (Å²) in [6.45, 7) is 7.96. The molecule has 2 rings (SSSR count). The summed E-state index contributed by atoms with van der Waals surface area (Å²) in [5.41, 5.74) is 7.23. The normalized spacial score (nSPS) is 23.0. The lowest BCUT2D eigenvalue weighted by atomic mass is 9.96. The monoisotopic (exact) mass is 289 g/mol. The first-order valence-electron chi connectivity index (χ1n) is 7.88. The van der Waals surface area contributed by atoms with Gasteiger partial charge in [-0.25, -0.2) is 0 Å². The van der Waals surface area contributed by atoms with Crippen LogP contribution in [0.2, 0.25) is 0 Å². The third-order valence-electron chi connectivity index (χ3n) is 4.08. The van der Waals surface area contributed by atoms with Crippen LogP contribution in [0.15, 0.2) is 30.3 Å². The van der Waals surface area contributed by atoms with Gasteiger partial charge < -0.3 is 10.6 Å². The van der Waals surface area contributed by atoms with Crippen molar-refractivity contribution >= 4 is 5.91 Å². The van der Waals surface area contributed by atoms with E-state index in [1.807, 2.05) is 30.0 Å². The Balaban J connectivity index is 1.91. The fourth-order valence-corrected chi connectivity index (χ4v) is 3.11. The van der Waals surface area contributed by atoms with Crippen molar-refractivity contribution < 1.29 is 4.79 Å². The topological polar surface area (TPSA) is 49.6 Å². The van der Waals surface area contributed by atoms with Gasteiger partial charge in [-0.15, -0.1) is 0 Å². The maximum absolute atomic E-state index is 12.5. The minimum Gasteiger partial charge on any atom is -0.338 e. The van der Waals surface area contributed by atoms with E-state index in [0.717, 1.165) is 26.1 Å². The van der Waals surface area contributed by atoms with Crippen molar-refractivity contribution in [3.63, 3.8) is 0 Å². The van der Waals surface area contributed by atoms with Crippen molar-refractivity contribution in [2.75, 3.05) is 26.2 Å². The Labute approximate surface area is 127 Å². The van der Waals surface area contributed by atoms with E-state index in [-0.39, 0.29) is 11.9 Å². The molecule has 21 heavy (non-hydrogen) atoms. The van der Waals surface area contributed by atoms with Crippen molar-refractivity contribution in [1.29, 1.82) is 0 Å². The van der Waals surface area contributed by atoms with Crippen LogP contribution in [0.1, 0.15) is 25.8 Å². The second kappa shape index (κ2) is 7.57. The molecule has 116 valence electrons. The zero-order valence-corrected chi connectivity index (χ0v) is 13.2. The van der Waals surface area contributed by atoms with Gasteiger partial charge in [-0.05, 0) is 24.8 Å². The van der Waals surface area contributed by atoms with Crippen LogP contribution in [-0.4, -0.2) is 47.9 Å². The zero-order valence-electron chi connectivity index (χ0n) is 13.2. The van der Waals surface area contributed by atoms with Gasteiger partial charge in [0.2, 0.25) is 5.91 Å². The molecule has 0 radical (unpaired) electrons. The molecule has 4 heteroatoms.